The Morgan fingerprint density at radius 2 is 2.05 bits per heavy atom. The molecular weight excluding hydrogens is 273 g/mol. The molecule has 3 rings (SSSR count). The highest BCUT2D eigenvalue weighted by molar-refractivity contribution is 6.30. The zero-order chi connectivity index (χ0) is 14.1. The minimum Gasteiger partial charge on any atom is -0.316 e. The number of hydrogen-bond donors (Lipinski definition) is 1. The lowest BCUT2D eigenvalue weighted by Gasteiger charge is -2.36. The number of benzene rings is 2. The SMILES string of the molecule is CNC(Cc1cccc(Cl)c1F)C1Cc2ccccc21. The number of fused-ring (bicyclic) bond motifs is 1. The Morgan fingerprint density at radius 1 is 1.25 bits per heavy atom. The highest BCUT2D eigenvalue weighted by atomic mass is 35.5. The Hall–Kier alpha value is -1.38. The van der Waals surface area contributed by atoms with Gasteiger partial charge in [-0.15, -0.1) is 0 Å². The summed E-state index contributed by atoms with van der Waals surface area (Å²) >= 11 is 5.85. The maximum absolute atomic E-state index is 14.0. The molecule has 104 valence electrons. The summed E-state index contributed by atoms with van der Waals surface area (Å²) in [6.45, 7) is 0. The van der Waals surface area contributed by atoms with E-state index in [1.807, 2.05) is 19.2 Å². The summed E-state index contributed by atoms with van der Waals surface area (Å²) < 4.78 is 14.0. The summed E-state index contributed by atoms with van der Waals surface area (Å²) in [6.07, 6.45) is 1.71. The third-order valence-corrected chi connectivity index (χ3v) is 4.51. The second kappa shape index (κ2) is 5.55. The molecule has 2 unspecified atom stereocenters. The van der Waals surface area contributed by atoms with Crippen molar-refractivity contribution >= 4 is 11.6 Å². The Balaban J connectivity index is 1.81. The minimum atomic E-state index is -0.290. The summed E-state index contributed by atoms with van der Waals surface area (Å²) in [7, 11) is 1.94. The maximum atomic E-state index is 14.0. The predicted octanol–water partition coefficient (Wildman–Crippen LogP) is 3.95. The first-order valence-electron chi connectivity index (χ1n) is 6.88. The van der Waals surface area contributed by atoms with Crippen LogP contribution in [0.5, 0.6) is 0 Å². The molecule has 3 heteroatoms. The molecule has 0 aromatic heterocycles. The molecule has 0 saturated heterocycles. The molecule has 2 atom stereocenters. The van der Waals surface area contributed by atoms with Crippen molar-refractivity contribution in [3.05, 3.63) is 70.0 Å². The molecule has 0 heterocycles. The summed E-state index contributed by atoms with van der Waals surface area (Å²) in [5.74, 6) is 0.164. The topological polar surface area (TPSA) is 12.0 Å². The van der Waals surface area contributed by atoms with Crippen molar-refractivity contribution in [2.45, 2.75) is 24.8 Å². The van der Waals surface area contributed by atoms with Gasteiger partial charge in [-0.3, -0.25) is 0 Å². The van der Waals surface area contributed by atoms with E-state index in [2.05, 4.69) is 29.6 Å². The second-order valence-corrected chi connectivity index (χ2v) is 5.73. The van der Waals surface area contributed by atoms with Crippen LogP contribution < -0.4 is 5.32 Å². The molecule has 2 aromatic rings. The fourth-order valence-corrected chi connectivity index (χ4v) is 3.24. The average Bonchev–Trinajstić information content (AvgIpc) is 2.43. The first kappa shape index (κ1) is 13.6. The fourth-order valence-electron chi connectivity index (χ4n) is 3.05. The monoisotopic (exact) mass is 289 g/mol. The van der Waals surface area contributed by atoms with Gasteiger partial charge in [0.25, 0.3) is 0 Å². The van der Waals surface area contributed by atoms with Crippen LogP contribution in [0.3, 0.4) is 0 Å². The molecule has 20 heavy (non-hydrogen) atoms. The maximum Gasteiger partial charge on any atom is 0.145 e. The Kier molecular flexibility index (Phi) is 3.77. The van der Waals surface area contributed by atoms with Gasteiger partial charge in [-0.2, -0.15) is 0 Å². The average molecular weight is 290 g/mol. The van der Waals surface area contributed by atoms with E-state index in [1.54, 1.807) is 6.07 Å². The molecule has 0 fully saturated rings. The van der Waals surface area contributed by atoms with E-state index in [-0.39, 0.29) is 16.9 Å². The summed E-state index contributed by atoms with van der Waals surface area (Å²) in [5, 5.41) is 3.53. The van der Waals surface area contributed by atoms with Crippen LogP contribution >= 0.6 is 11.6 Å². The van der Waals surface area contributed by atoms with Crippen LogP contribution in [0.4, 0.5) is 4.39 Å². The van der Waals surface area contributed by atoms with E-state index in [9.17, 15) is 4.39 Å². The Labute approximate surface area is 123 Å². The van der Waals surface area contributed by atoms with Crippen molar-refractivity contribution in [1.82, 2.24) is 5.32 Å². The smallest absolute Gasteiger partial charge is 0.145 e. The van der Waals surface area contributed by atoms with Gasteiger partial charge in [0.05, 0.1) is 5.02 Å². The van der Waals surface area contributed by atoms with Crippen LogP contribution in [-0.2, 0) is 12.8 Å². The van der Waals surface area contributed by atoms with E-state index in [4.69, 9.17) is 11.6 Å². The predicted molar refractivity (Wildman–Crippen MR) is 80.8 cm³/mol. The van der Waals surface area contributed by atoms with Gasteiger partial charge in [0, 0.05) is 12.0 Å². The molecule has 0 saturated carbocycles. The molecule has 1 aliphatic carbocycles. The highest BCUT2D eigenvalue weighted by Gasteiger charge is 2.32. The van der Waals surface area contributed by atoms with E-state index in [1.165, 1.54) is 11.1 Å². The molecule has 0 aliphatic heterocycles. The zero-order valence-electron chi connectivity index (χ0n) is 11.4. The fraction of sp³-hybridized carbons (Fsp3) is 0.294. The number of rotatable bonds is 4. The lowest BCUT2D eigenvalue weighted by molar-refractivity contribution is 0.417. The largest absolute Gasteiger partial charge is 0.316 e. The van der Waals surface area contributed by atoms with Gasteiger partial charge in [-0.25, -0.2) is 4.39 Å². The van der Waals surface area contributed by atoms with Crippen LogP contribution in [0.25, 0.3) is 0 Å². The van der Waals surface area contributed by atoms with Crippen LogP contribution in [0.15, 0.2) is 42.5 Å². The summed E-state index contributed by atoms with van der Waals surface area (Å²) in [4.78, 5) is 0. The van der Waals surface area contributed by atoms with Crippen LogP contribution in [0.2, 0.25) is 5.02 Å². The lowest BCUT2D eigenvalue weighted by atomic mass is 9.72. The van der Waals surface area contributed by atoms with E-state index < -0.39 is 0 Å². The standard InChI is InChI=1S/C17H17ClFN/c1-20-16(10-12-6-4-8-15(18)17(12)19)14-9-11-5-2-3-7-13(11)14/h2-8,14,16,20H,9-10H2,1H3. The number of halogens is 2. The van der Waals surface area contributed by atoms with Gasteiger partial charge in [0.2, 0.25) is 0 Å². The molecule has 2 aromatic carbocycles. The summed E-state index contributed by atoms with van der Waals surface area (Å²) in [6, 6.07) is 13.9. The van der Waals surface area contributed by atoms with Crippen LogP contribution in [-0.4, -0.2) is 13.1 Å². The van der Waals surface area contributed by atoms with Gasteiger partial charge in [-0.05, 0) is 42.6 Å². The first-order chi connectivity index (χ1) is 9.70. The molecule has 1 nitrogen and oxygen atoms in total. The minimum absolute atomic E-state index is 0.200. The van der Waals surface area contributed by atoms with E-state index in [0.717, 1.165) is 6.42 Å². The van der Waals surface area contributed by atoms with Crippen molar-refractivity contribution in [3.8, 4) is 0 Å². The molecule has 1 N–H and O–H groups in total. The number of likely N-dealkylation sites (N-methyl/N-ethyl adjacent to an activating group) is 1. The molecule has 1 aliphatic rings. The number of hydrogen-bond acceptors (Lipinski definition) is 1. The highest BCUT2D eigenvalue weighted by Crippen LogP contribution is 2.38. The molecular formula is C17H17ClFN. The number of nitrogens with one attached hydrogen (secondary N) is 1. The van der Waals surface area contributed by atoms with Crippen molar-refractivity contribution in [1.29, 1.82) is 0 Å². The molecule has 0 amide bonds. The van der Waals surface area contributed by atoms with E-state index in [0.29, 0.717) is 17.9 Å². The molecule has 0 spiro atoms. The third-order valence-electron chi connectivity index (χ3n) is 4.22. The van der Waals surface area contributed by atoms with Crippen molar-refractivity contribution < 1.29 is 4.39 Å². The van der Waals surface area contributed by atoms with Gasteiger partial charge >= 0.3 is 0 Å². The quantitative estimate of drug-likeness (QED) is 0.899. The summed E-state index contributed by atoms with van der Waals surface area (Å²) in [5.41, 5.74) is 3.47. The zero-order valence-corrected chi connectivity index (χ0v) is 12.1. The van der Waals surface area contributed by atoms with Crippen molar-refractivity contribution in [2.75, 3.05) is 7.05 Å². The second-order valence-electron chi connectivity index (χ2n) is 5.32. The van der Waals surface area contributed by atoms with Crippen molar-refractivity contribution in [2.24, 2.45) is 0 Å². The van der Waals surface area contributed by atoms with Gasteiger partial charge < -0.3 is 5.32 Å². The molecule has 0 radical (unpaired) electrons. The Bertz CT molecular complexity index is 626. The van der Waals surface area contributed by atoms with Crippen molar-refractivity contribution in [3.63, 3.8) is 0 Å². The third kappa shape index (κ3) is 2.34. The normalized spacial score (nSPS) is 18.2. The van der Waals surface area contributed by atoms with Gasteiger partial charge in [0.15, 0.2) is 0 Å². The Morgan fingerprint density at radius 3 is 2.80 bits per heavy atom. The van der Waals surface area contributed by atoms with Crippen LogP contribution in [0.1, 0.15) is 22.6 Å². The first-order valence-corrected chi connectivity index (χ1v) is 7.26. The molecule has 0 bridgehead atoms. The van der Waals surface area contributed by atoms with E-state index >= 15 is 0 Å². The van der Waals surface area contributed by atoms with Gasteiger partial charge in [-0.1, -0.05) is 48.0 Å². The van der Waals surface area contributed by atoms with Gasteiger partial charge in [0.1, 0.15) is 5.82 Å². The van der Waals surface area contributed by atoms with Crippen LogP contribution in [0, 0.1) is 5.82 Å². The lowest BCUT2D eigenvalue weighted by Crippen LogP contribution is -2.39.